The molecule has 0 atom stereocenters. The minimum atomic E-state index is -0.166. The summed E-state index contributed by atoms with van der Waals surface area (Å²) in [4.78, 5) is 5.39. The fraction of sp³-hybridized carbons (Fsp3) is 0.0488. The number of hydrogen-bond acceptors (Lipinski definition) is 2. The Kier molecular flexibility index (Phi) is 12.1. The number of anilines is 6. The zero-order chi connectivity index (χ0) is 57.5. The topological polar surface area (TPSA) is 16.3 Å². The van der Waals surface area contributed by atoms with Gasteiger partial charge in [0.15, 0.2) is 0 Å². The van der Waals surface area contributed by atoms with Gasteiger partial charge in [-0.1, -0.05) is 256 Å². The van der Waals surface area contributed by atoms with Gasteiger partial charge in [-0.2, -0.15) is 0 Å². The van der Waals surface area contributed by atoms with Crippen molar-refractivity contribution in [3.63, 3.8) is 0 Å². The van der Waals surface area contributed by atoms with Crippen molar-refractivity contribution in [3.05, 3.63) is 309 Å². The molecule has 0 fully saturated rings. The summed E-state index contributed by atoms with van der Waals surface area (Å²) < 4.78 is 4.98. The molecule has 0 unspecified atom stereocenters. The van der Waals surface area contributed by atoms with Crippen molar-refractivity contribution >= 4 is 101 Å². The summed E-state index contributed by atoms with van der Waals surface area (Å²) in [6, 6.07) is 114. The average molecular weight is 1110 g/mol. The second kappa shape index (κ2) is 20.7. The predicted molar refractivity (Wildman–Crippen MR) is 369 cm³/mol. The molecule has 0 amide bonds. The summed E-state index contributed by atoms with van der Waals surface area (Å²) in [7, 11) is 0. The van der Waals surface area contributed by atoms with Crippen LogP contribution in [0.15, 0.2) is 303 Å². The third-order valence-corrected chi connectivity index (χ3v) is 18.5. The lowest BCUT2D eigenvalue weighted by molar-refractivity contribution is 0.795. The van der Waals surface area contributed by atoms with Crippen LogP contribution in [0.1, 0.15) is 25.3 Å². The summed E-state index contributed by atoms with van der Waals surface area (Å²) in [5.41, 5.74) is 28.4. The molecule has 15 aromatic rings. The second-order valence-electron chi connectivity index (χ2n) is 23.3. The first-order valence-electron chi connectivity index (χ1n) is 30.7. The van der Waals surface area contributed by atoms with Gasteiger partial charge in [-0.05, 0) is 118 Å². The number of unbranched alkanes of at least 4 members (excludes halogenated alkanes) is 1. The molecule has 0 spiro atoms. The number of fused-ring (bicyclic) bond motifs is 10. The van der Waals surface area contributed by atoms with E-state index >= 15 is 0 Å². The van der Waals surface area contributed by atoms with E-state index in [-0.39, 0.29) is 6.71 Å². The van der Waals surface area contributed by atoms with Crippen molar-refractivity contribution in [3.8, 4) is 55.9 Å². The van der Waals surface area contributed by atoms with E-state index in [4.69, 9.17) is 0 Å². The van der Waals surface area contributed by atoms with Crippen LogP contribution in [0, 0.1) is 0 Å². The van der Waals surface area contributed by atoms with Gasteiger partial charge in [0.25, 0.3) is 6.71 Å². The molecule has 4 nitrogen and oxygen atoms in total. The highest BCUT2D eigenvalue weighted by Crippen LogP contribution is 2.54. The molecule has 0 aliphatic carbocycles. The third kappa shape index (κ3) is 8.07. The van der Waals surface area contributed by atoms with Crippen LogP contribution in [0.4, 0.5) is 34.1 Å². The lowest BCUT2D eigenvalue weighted by atomic mass is 9.33. The minimum absolute atomic E-state index is 0.166. The van der Waals surface area contributed by atoms with E-state index in [1.807, 2.05) is 0 Å². The van der Waals surface area contributed by atoms with E-state index in [0.717, 1.165) is 75.6 Å². The molecule has 0 radical (unpaired) electrons. The molecule has 5 heteroatoms. The Bertz CT molecular complexity index is 4620. The maximum absolute atomic E-state index is 2.69. The lowest BCUT2D eigenvalue weighted by Gasteiger charge is -2.46. The number of nitrogens with zero attached hydrogens (tertiary/aromatic N) is 4. The molecule has 4 heterocycles. The van der Waals surface area contributed by atoms with Crippen LogP contribution in [0.25, 0.3) is 99.5 Å². The lowest BCUT2D eigenvalue weighted by Crippen LogP contribution is -2.61. The van der Waals surface area contributed by atoms with E-state index in [2.05, 4.69) is 329 Å². The molecule has 0 saturated heterocycles. The largest absolute Gasteiger partial charge is 0.310 e. The molecular weight excluding hydrogens is 1050 g/mol. The summed E-state index contributed by atoms with van der Waals surface area (Å²) in [5.74, 6) is 0. The molecule has 2 aliphatic rings. The SMILES string of the molecule is CCCCc1cc2c3c(c1)N(c1c(-c4ccccc4)cccc1-c1ccccc1)c1cc(-n4c5ccccc5c5ccccc54)ccc1B3c1ccc(-n3c4ccccc4c4ccccc43)cc1N2c1c(-c2ccccc2)cccc1-c1ccccc1. The maximum atomic E-state index is 2.69. The summed E-state index contributed by atoms with van der Waals surface area (Å²) in [5, 5.41) is 4.96. The first-order valence-corrected chi connectivity index (χ1v) is 30.7. The Morgan fingerprint density at radius 1 is 0.299 bits per heavy atom. The Labute approximate surface area is 507 Å². The maximum Gasteiger partial charge on any atom is 0.252 e. The number of benzene rings is 13. The number of rotatable bonds is 11. The Morgan fingerprint density at radius 3 is 0.954 bits per heavy atom. The number of aryl methyl sites for hydroxylation is 1. The molecule has 17 rings (SSSR count). The molecule has 0 bridgehead atoms. The molecule has 2 aliphatic heterocycles. The van der Waals surface area contributed by atoms with Gasteiger partial charge >= 0.3 is 0 Å². The Hall–Kier alpha value is -10.9. The van der Waals surface area contributed by atoms with Gasteiger partial charge in [-0.15, -0.1) is 0 Å². The van der Waals surface area contributed by atoms with Crippen molar-refractivity contribution < 1.29 is 0 Å². The Balaban J connectivity index is 1.04. The van der Waals surface area contributed by atoms with Crippen molar-refractivity contribution in [2.24, 2.45) is 0 Å². The fourth-order valence-electron chi connectivity index (χ4n) is 14.7. The smallest absolute Gasteiger partial charge is 0.252 e. The standard InChI is InChI=1S/C82H59BN4/c1-2-3-26-55-51-78-80-79(52-55)87(82-64(58-31-12-6-13-32-58)41-25-42-65(82)59-33-14-7-15-34-59)77-54-61(85-74-45-22-18-37-68(74)69-38-19-23-46-75(69)85)48-50-71(77)83(80)70-49-47-60(84-72-43-20-16-35-66(72)67-36-17-21-44-73(67)84)53-76(70)86(78)81-62(56-27-8-4-9-28-56)39-24-40-63(81)57-29-10-5-11-30-57/h4-25,27-54H,2-3,26H2,1H3. The fourth-order valence-corrected chi connectivity index (χ4v) is 14.7. The van der Waals surface area contributed by atoms with E-state index in [0.29, 0.717) is 0 Å². The zero-order valence-corrected chi connectivity index (χ0v) is 48.4. The summed E-state index contributed by atoms with van der Waals surface area (Å²) >= 11 is 0. The van der Waals surface area contributed by atoms with Crippen molar-refractivity contribution in [1.82, 2.24) is 9.13 Å². The zero-order valence-electron chi connectivity index (χ0n) is 48.4. The highest BCUT2D eigenvalue weighted by molar-refractivity contribution is 7.00. The first-order chi connectivity index (χ1) is 43.2. The molecular formula is C82H59BN4. The van der Waals surface area contributed by atoms with Crippen molar-refractivity contribution in [2.45, 2.75) is 26.2 Å². The number of aromatic nitrogens is 2. The molecule has 0 N–H and O–H groups in total. The van der Waals surface area contributed by atoms with Gasteiger partial charge in [0.2, 0.25) is 0 Å². The van der Waals surface area contributed by atoms with Crippen LogP contribution in [0.5, 0.6) is 0 Å². The molecule has 0 saturated carbocycles. The van der Waals surface area contributed by atoms with Crippen LogP contribution in [-0.4, -0.2) is 15.8 Å². The number of para-hydroxylation sites is 6. The van der Waals surface area contributed by atoms with Crippen LogP contribution >= 0.6 is 0 Å². The third-order valence-electron chi connectivity index (χ3n) is 18.5. The van der Waals surface area contributed by atoms with Crippen molar-refractivity contribution in [2.75, 3.05) is 9.80 Å². The molecule has 2 aromatic heterocycles. The van der Waals surface area contributed by atoms with Gasteiger partial charge in [-0.25, -0.2) is 0 Å². The van der Waals surface area contributed by atoms with E-state index in [1.54, 1.807) is 0 Å². The highest BCUT2D eigenvalue weighted by Gasteiger charge is 2.45. The van der Waals surface area contributed by atoms with Gasteiger partial charge in [0.05, 0.1) is 33.4 Å². The van der Waals surface area contributed by atoms with E-state index in [9.17, 15) is 0 Å². The normalized spacial score (nSPS) is 12.5. The first kappa shape index (κ1) is 50.6. The summed E-state index contributed by atoms with van der Waals surface area (Å²) in [6.45, 7) is 2.15. The van der Waals surface area contributed by atoms with Gasteiger partial charge in [-0.3, -0.25) is 0 Å². The van der Waals surface area contributed by atoms with Crippen LogP contribution < -0.4 is 26.2 Å². The molecule has 13 aromatic carbocycles. The van der Waals surface area contributed by atoms with Crippen molar-refractivity contribution in [1.29, 1.82) is 0 Å². The quantitative estimate of drug-likeness (QED) is 0.120. The Morgan fingerprint density at radius 2 is 0.621 bits per heavy atom. The van der Waals surface area contributed by atoms with Gasteiger partial charge in [0, 0.05) is 77.9 Å². The minimum Gasteiger partial charge on any atom is -0.310 e. The van der Waals surface area contributed by atoms with Crippen LogP contribution in [0.3, 0.4) is 0 Å². The van der Waals surface area contributed by atoms with E-state index in [1.165, 1.54) is 99.2 Å². The average Bonchev–Trinajstić information content (AvgIpc) is 1.60. The van der Waals surface area contributed by atoms with Crippen LogP contribution in [-0.2, 0) is 6.42 Å². The highest BCUT2D eigenvalue weighted by atomic mass is 15.2. The predicted octanol–water partition coefficient (Wildman–Crippen LogP) is 20.0. The number of hydrogen-bond donors (Lipinski definition) is 0. The molecule has 410 valence electrons. The van der Waals surface area contributed by atoms with Gasteiger partial charge in [0.1, 0.15) is 0 Å². The van der Waals surface area contributed by atoms with E-state index < -0.39 is 0 Å². The summed E-state index contributed by atoms with van der Waals surface area (Å²) in [6.07, 6.45) is 3.04. The molecule has 87 heavy (non-hydrogen) atoms. The van der Waals surface area contributed by atoms with Gasteiger partial charge < -0.3 is 18.9 Å². The second-order valence-corrected chi connectivity index (χ2v) is 23.3. The monoisotopic (exact) mass is 1110 g/mol. The van der Waals surface area contributed by atoms with Crippen LogP contribution in [0.2, 0.25) is 0 Å².